The number of benzene rings is 1. The summed E-state index contributed by atoms with van der Waals surface area (Å²) < 4.78 is 2.09. The molecular weight excluding hydrogens is 260 g/mol. The number of fused-ring (bicyclic) bond motifs is 1. The van der Waals surface area contributed by atoms with E-state index in [-0.39, 0.29) is 5.28 Å². The van der Waals surface area contributed by atoms with Crippen LogP contribution in [0.1, 0.15) is 0 Å². The predicted octanol–water partition coefficient (Wildman–Crippen LogP) is 3.33. The fourth-order valence-electron chi connectivity index (χ4n) is 2.21. The van der Waals surface area contributed by atoms with Crippen LogP contribution in [0.5, 0.6) is 0 Å². The zero-order valence-electron chi connectivity index (χ0n) is 10.7. The van der Waals surface area contributed by atoms with Gasteiger partial charge in [0.1, 0.15) is 0 Å². The minimum atomic E-state index is 0.261. The van der Waals surface area contributed by atoms with Crippen molar-refractivity contribution < 1.29 is 0 Å². The van der Waals surface area contributed by atoms with Crippen LogP contribution in [-0.4, -0.2) is 21.6 Å². The molecule has 5 heteroatoms. The van der Waals surface area contributed by atoms with Crippen LogP contribution in [0, 0.1) is 0 Å². The number of hydrogen-bond donors (Lipinski definition) is 1. The van der Waals surface area contributed by atoms with E-state index in [1.54, 1.807) is 6.20 Å². The molecule has 0 spiro atoms. The first-order valence-electron chi connectivity index (χ1n) is 5.95. The van der Waals surface area contributed by atoms with Gasteiger partial charge >= 0.3 is 0 Å². The van der Waals surface area contributed by atoms with E-state index >= 15 is 0 Å². The third-order valence-electron chi connectivity index (χ3n) is 3.19. The Morgan fingerprint density at radius 3 is 2.84 bits per heavy atom. The molecule has 3 rings (SSSR count). The first-order valence-corrected chi connectivity index (χ1v) is 6.32. The van der Waals surface area contributed by atoms with Gasteiger partial charge in [-0.25, -0.2) is 9.97 Å². The fourth-order valence-corrected chi connectivity index (χ4v) is 2.36. The number of rotatable bonds is 2. The molecule has 0 aliphatic rings. The highest BCUT2D eigenvalue weighted by Gasteiger charge is 2.10. The van der Waals surface area contributed by atoms with Gasteiger partial charge in [-0.3, -0.25) is 0 Å². The molecule has 2 aromatic heterocycles. The SMILES string of the molecule is CNc1cc(-c2ccnc(Cl)n2)c2ccn(C)c2c1. The number of nitrogens with zero attached hydrogens (tertiary/aromatic N) is 3. The molecule has 3 aromatic rings. The van der Waals surface area contributed by atoms with Gasteiger partial charge in [-0.1, -0.05) is 0 Å². The van der Waals surface area contributed by atoms with Crippen LogP contribution in [-0.2, 0) is 7.05 Å². The van der Waals surface area contributed by atoms with Crippen molar-refractivity contribution in [1.29, 1.82) is 0 Å². The molecule has 0 amide bonds. The Morgan fingerprint density at radius 1 is 1.26 bits per heavy atom. The Morgan fingerprint density at radius 2 is 2.11 bits per heavy atom. The Hall–Kier alpha value is -2.07. The topological polar surface area (TPSA) is 42.7 Å². The van der Waals surface area contributed by atoms with Crippen molar-refractivity contribution in [3.63, 3.8) is 0 Å². The second-order valence-corrected chi connectivity index (χ2v) is 4.68. The number of halogens is 1. The second-order valence-electron chi connectivity index (χ2n) is 4.34. The maximum absolute atomic E-state index is 5.88. The smallest absolute Gasteiger partial charge is 0.222 e. The van der Waals surface area contributed by atoms with E-state index in [4.69, 9.17) is 11.6 Å². The van der Waals surface area contributed by atoms with Gasteiger partial charge in [0, 0.05) is 43.1 Å². The molecule has 0 aliphatic carbocycles. The maximum Gasteiger partial charge on any atom is 0.222 e. The molecule has 19 heavy (non-hydrogen) atoms. The van der Waals surface area contributed by atoms with Crippen LogP contribution in [0.3, 0.4) is 0 Å². The molecule has 0 saturated heterocycles. The molecule has 1 aromatic carbocycles. The van der Waals surface area contributed by atoms with E-state index in [1.807, 2.05) is 26.4 Å². The Balaban J connectivity index is 2.33. The summed E-state index contributed by atoms with van der Waals surface area (Å²) in [4.78, 5) is 8.22. The average Bonchev–Trinajstić information content (AvgIpc) is 2.79. The van der Waals surface area contributed by atoms with Crippen LogP contribution in [0.15, 0.2) is 36.7 Å². The van der Waals surface area contributed by atoms with Gasteiger partial charge in [0.2, 0.25) is 5.28 Å². The summed E-state index contributed by atoms with van der Waals surface area (Å²) in [5.41, 5.74) is 4.07. The summed E-state index contributed by atoms with van der Waals surface area (Å²) in [6.45, 7) is 0. The highest BCUT2D eigenvalue weighted by Crippen LogP contribution is 2.31. The molecule has 96 valence electrons. The third kappa shape index (κ3) is 2.04. The Bertz CT molecular complexity index is 748. The van der Waals surface area contributed by atoms with Gasteiger partial charge in [0.15, 0.2) is 0 Å². The zero-order chi connectivity index (χ0) is 13.4. The monoisotopic (exact) mass is 272 g/mol. The van der Waals surface area contributed by atoms with Gasteiger partial charge in [-0.15, -0.1) is 0 Å². The van der Waals surface area contributed by atoms with Crippen molar-refractivity contribution in [3.05, 3.63) is 41.9 Å². The first kappa shape index (κ1) is 12.0. The summed E-state index contributed by atoms with van der Waals surface area (Å²) in [5.74, 6) is 0. The number of nitrogens with one attached hydrogen (secondary N) is 1. The van der Waals surface area contributed by atoms with Crippen molar-refractivity contribution in [2.45, 2.75) is 0 Å². The van der Waals surface area contributed by atoms with Crippen LogP contribution >= 0.6 is 11.6 Å². The lowest BCUT2D eigenvalue weighted by Crippen LogP contribution is -1.93. The van der Waals surface area contributed by atoms with Crippen molar-refractivity contribution >= 4 is 28.2 Å². The number of hydrogen-bond acceptors (Lipinski definition) is 3. The molecule has 2 heterocycles. The minimum absolute atomic E-state index is 0.261. The largest absolute Gasteiger partial charge is 0.388 e. The van der Waals surface area contributed by atoms with Crippen LogP contribution in [0.25, 0.3) is 22.2 Å². The van der Waals surface area contributed by atoms with E-state index in [2.05, 4.69) is 38.1 Å². The van der Waals surface area contributed by atoms with Gasteiger partial charge < -0.3 is 9.88 Å². The molecule has 1 N–H and O–H groups in total. The molecule has 0 fully saturated rings. The molecule has 0 radical (unpaired) electrons. The lowest BCUT2D eigenvalue weighted by Gasteiger charge is -2.08. The molecule has 4 nitrogen and oxygen atoms in total. The minimum Gasteiger partial charge on any atom is -0.388 e. The van der Waals surface area contributed by atoms with Gasteiger partial charge in [0.25, 0.3) is 0 Å². The van der Waals surface area contributed by atoms with Gasteiger partial charge in [0.05, 0.1) is 11.2 Å². The summed E-state index contributed by atoms with van der Waals surface area (Å²) in [6.07, 6.45) is 3.71. The summed E-state index contributed by atoms with van der Waals surface area (Å²) in [5, 5.41) is 4.58. The van der Waals surface area contributed by atoms with Crippen LogP contribution in [0.4, 0.5) is 5.69 Å². The van der Waals surface area contributed by atoms with E-state index in [0.717, 1.165) is 27.8 Å². The van der Waals surface area contributed by atoms with Crippen LogP contribution in [0.2, 0.25) is 5.28 Å². The number of aryl methyl sites for hydroxylation is 1. The molecule has 0 atom stereocenters. The zero-order valence-corrected chi connectivity index (χ0v) is 11.4. The lowest BCUT2D eigenvalue weighted by atomic mass is 10.1. The second kappa shape index (κ2) is 4.55. The fraction of sp³-hybridized carbons (Fsp3) is 0.143. The predicted molar refractivity (Wildman–Crippen MR) is 78.5 cm³/mol. The quantitative estimate of drug-likeness (QED) is 0.728. The average molecular weight is 273 g/mol. The summed E-state index contributed by atoms with van der Waals surface area (Å²) in [7, 11) is 3.93. The van der Waals surface area contributed by atoms with Gasteiger partial charge in [-0.2, -0.15) is 0 Å². The highest BCUT2D eigenvalue weighted by molar-refractivity contribution is 6.28. The molecule has 0 saturated carbocycles. The Labute approximate surface area is 116 Å². The normalized spacial score (nSPS) is 10.9. The van der Waals surface area contributed by atoms with Crippen molar-refractivity contribution in [2.75, 3.05) is 12.4 Å². The van der Waals surface area contributed by atoms with E-state index < -0.39 is 0 Å². The van der Waals surface area contributed by atoms with Gasteiger partial charge in [-0.05, 0) is 35.9 Å². The summed E-state index contributed by atoms with van der Waals surface area (Å²) >= 11 is 5.88. The molecule has 0 unspecified atom stereocenters. The molecular formula is C14H13ClN4. The Kier molecular flexibility index (Phi) is 2.87. The molecule has 0 bridgehead atoms. The maximum atomic E-state index is 5.88. The third-order valence-corrected chi connectivity index (χ3v) is 3.38. The van der Waals surface area contributed by atoms with E-state index in [9.17, 15) is 0 Å². The highest BCUT2D eigenvalue weighted by atomic mass is 35.5. The lowest BCUT2D eigenvalue weighted by molar-refractivity contribution is 0.969. The first-order chi connectivity index (χ1) is 9.19. The number of aromatic nitrogens is 3. The van der Waals surface area contributed by atoms with Crippen molar-refractivity contribution in [1.82, 2.24) is 14.5 Å². The van der Waals surface area contributed by atoms with Crippen molar-refractivity contribution in [2.24, 2.45) is 7.05 Å². The standard InChI is InChI=1S/C14H13ClN4/c1-16-9-7-11(12-3-5-17-14(15)18-12)10-4-6-19(2)13(10)8-9/h3-8,16H,1-2H3. The van der Waals surface area contributed by atoms with Crippen molar-refractivity contribution in [3.8, 4) is 11.3 Å². The number of anilines is 1. The molecule has 0 aliphatic heterocycles. The van der Waals surface area contributed by atoms with Crippen LogP contribution < -0.4 is 5.32 Å². The van der Waals surface area contributed by atoms with E-state index in [1.165, 1.54) is 0 Å². The summed E-state index contributed by atoms with van der Waals surface area (Å²) in [6, 6.07) is 8.13. The van der Waals surface area contributed by atoms with E-state index in [0.29, 0.717) is 0 Å².